The molecule has 0 saturated heterocycles. The van der Waals surface area contributed by atoms with Gasteiger partial charge in [-0.15, -0.1) is 0 Å². The quantitative estimate of drug-likeness (QED) is 0.593. The molecule has 2 atom stereocenters. The van der Waals surface area contributed by atoms with Crippen molar-refractivity contribution in [3.8, 4) is 0 Å². The summed E-state index contributed by atoms with van der Waals surface area (Å²) in [5, 5.41) is 8.76. The predicted molar refractivity (Wildman–Crippen MR) is 51.9 cm³/mol. The SMILES string of the molecule is C=C1[C@H](C)CC(=CCO)C[C@H]1C. The molecule has 0 aliphatic heterocycles. The van der Waals surface area contributed by atoms with Gasteiger partial charge >= 0.3 is 0 Å². The average Bonchev–Trinajstić information content (AvgIpc) is 2.01. The number of hydrogen-bond donors (Lipinski definition) is 1. The summed E-state index contributed by atoms with van der Waals surface area (Å²) >= 11 is 0. The summed E-state index contributed by atoms with van der Waals surface area (Å²) in [5.41, 5.74) is 2.76. The van der Waals surface area contributed by atoms with Gasteiger partial charge < -0.3 is 5.11 Å². The minimum absolute atomic E-state index is 0.182. The van der Waals surface area contributed by atoms with E-state index in [-0.39, 0.29) is 6.61 Å². The summed E-state index contributed by atoms with van der Waals surface area (Å²) in [6.07, 6.45) is 4.12. The Hall–Kier alpha value is -0.560. The Bertz CT molecular complexity index is 187. The predicted octanol–water partition coefficient (Wildman–Crippen LogP) is 2.53. The summed E-state index contributed by atoms with van der Waals surface area (Å²) in [7, 11) is 0. The molecule has 0 aromatic carbocycles. The lowest BCUT2D eigenvalue weighted by molar-refractivity contribution is 0.339. The molecule has 0 amide bonds. The van der Waals surface area contributed by atoms with Crippen LogP contribution in [-0.4, -0.2) is 11.7 Å². The first-order valence-corrected chi connectivity index (χ1v) is 4.62. The van der Waals surface area contributed by atoms with Gasteiger partial charge in [0.2, 0.25) is 0 Å². The maximum Gasteiger partial charge on any atom is 0.0615 e. The third kappa shape index (κ3) is 1.98. The fraction of sp³-hybridized carbons (Fsp3) is 0.636. The number of allylic oxidation sites excluding steroid dienone is 2. The number of hydrogen-bond acceptors (Lipinski definition) is 1. The molecule has 1 fully saturated rings. The second-order valence-corrected chi connectivity index (χ2v) is 3.83. The lowest BCUT2D eigenvalue weighted by Gasteiger charge is -2.29. The summed E-state index contributed by atoms with van der Waals surface area (Å²) < 4.78 is 0. The second kappa shape index (κ2) is 3.90. The standard InChI is InChI=1S/C11H18O/c1-8-6-11(4-5-12)7-9(2)10(8)3/h4,8-9,12H,3,5-7H2,1-2H3/t8-,9-/m1/s1. The minimum atomic E-state index is 0.182. The zero-order chi connectivity index (χ0) is 9.14. The lowest BCUT2D eigenvalue weighted by atomic mass is 9.77. The van der Waals surface area contributed by atoms with Crippen LogP contribution in [0.2, 0.25) is 0 Å². The Morgan fingerprint density at radius 1 is 1.42 bits per heavy atom. The van der Waals surface area contributed by atoms with E-state index >= 15 is 0 Å². The summed E-state index contributed by atoms with van der Waals surface area (Å²) in [6.45, 7) is 8.69. The topological polar surface area (TPSA) is 20.2 Å². The molecule has 1 aliphatic rings. The van der Waals surface area contributed by atoms with E-state index in [4.69, 9.17) is 5.11 Å². The fourth-order valence-corrected chi connectivity index (χ4v) is 1.91. The van der Waals surface area contributed by atoms with Crippen LogP contribution in [0.1, 0.15) is 26.7 Å². The van der Waals surface area contributed by atoms with Gasteiger partial charge in [0.15, 0.2) is 0 Å². The highest BCUT2D eigenvalue weighted by molar-refractivity contribution is 5.19. The van der Waals surface area contributed by atoms with Crippen LogP contribution >= 0.6 is 0 Å². The molecule has 1 rings (SSSR count). The highest BCUT2D eigenvalue weighted by Crippen LogP contribution is 2.35. The number of aliphatic hydroxyl groups is 1. The second-order valence-electron chi connectivity index (χ2n) is 3.83. The van der Waals surface area contributed by atoms with Crippen LogP contribution in [0, 0.1) is 11.8 Å². The maximum atomic E-state index is 8.76. The Labute approximate surface area is 74.8 Å². The van der Waals surface area contributed by atoms with Gasteiger partial charge in [-0.3, -0.25) is 0 Å². The van der Waals surface area contributed by atoms with Gasteiger partial charge in [-0.05, 0) is 24.7 Å². The van der Waals surface area contributed by atoms with Crippen LogP contribution < -0.4 is 0 Å². The van der Waals surface area contributed by atoms with Crippen molar-refractivity contribution in [1.29, 1.82) is 0 Å². The summed E-state index contributed by atoms with van der Waals surface area (Å²) in [5.74, 6) is 1.18. The van der Waals surface area contributed by atoms with Gasteiger partial charge in [-0.25, -0.2) is 0 Å². The first-order chi connectivity index (χ1) is 5.65. The van der Waals surface area contributed by atoms with Crippen LogP contribution in [0.3, 0.4) is 0 Å². The molecular weight excluding hydrogens is 148 g/mol. The van der Waals surface area contributed by atoms with Crippen molar-refractivity contribution in [3.05, 3.63) is 23.8 Å². The largest absolute Gasteiger partial charge is 0.392 e. The molecule has 0 unspecified atom stereocenters. The maximum absolute atomic E-state index is 8.76. The smallest absolute Gasteiger partial charge is 0.0615 e. The van der Waals surface area contributed by atoms with Gasteiger partial charge in [0.1, 0.15) is 0 Å². The van der Waals surface area contributed by atoms with Crippen LogP contribution in [0.15, 0.2) is 23.8 Å². The van der Waals surface area contributed by atoms with E-state index < -0.39 is 0 Å². The normalized spacial score (nSPS) is 30.6. The van der Waals surface area contributed by atoms with E-state index in [1.54, 1.807) is 0 Å². The molecule has 1 heteroatoms. The van der Waals surface area contributed by atoms with Gasteiger partial charge in [-0.1, -0.05) is 37.6 Å². The van der Waals surface area contributed by atoms with E-state index in [1.165, 1.54) is 11.1 Å². The van der Waals surface area contributed by atoms with Gasteiger partial charge in [0.05, 0.1) is 6.61 Å². The van der Waals surface area contributed by atoms with E-state index in [2.05, 4.69) is 20.4 Å². The van der Waals surface area contributed by atoms with Crippen molar-refractivity contribution >= 4 is 0 Å². The molecule has 0 aromatic rings. The van der Waals surface area contributed by atoms with Crippen molar-refractivity contribution in [2.75, 3.05) is 6.61 Å². The first kappa shape index (κ1) is 9.53. The number of aliphatic hydroxyl groups excluding tert-OH is 1. The lowest BCUT2D eigenvalue weighted by Crippen LogP contribution is -2.16. The van der Waals surface area contributed by atoms with E-state index in [9.17, 15) is 0 Å². The molecule has 0 heterocycles. The zero-order valence-electron chi connectivity index (χ0n) is 8.01. The Balaban J connectivity index is 2.65. The fourth-order valence-electron chi connectivity index (χ4n) is 1.91. The van der Waals surface area contributed by atoms with Crippen LogP contribution in [0.4, 0.5) is 0 Å². The van der Waals surface area contributed by atoms with Crippen molar-refractivity contribution in [1.82, 2.24) is 0 Å². The monoisotopic (exact) mass is 166 g/mol. The Morgan fingerprint density at radius 3 is 2.33 bits per heavy atom. The summed E-state index contributed by atoms with van der Waals surface area (Å²) in [6, 6.07) is 0. The van der Waals surface area contributed by atoms with Crippen molar-refractivity contribution < 1.29 is 5.11 Å². The van der Waals surface area contributed by atoms with Crippen molar-refractivity contribution in [2.24, 2.45) is 11.8 Å². The summed E-state index contributed by atoms with van der Waals surface area (Å²) in [4.78, 5) is 0. The molecule has 0 bridgehead atoms. The average molecular weight is 166 g/mol. The molecule has 1 N–H and O–H groups in total. The van der Waals surface area contributed by atoms with Gasteiger partial charge in [0, 0.05) is 0 Å². The van der Waals surface area contributed by atoms with Crippen LogP contribution in [-0.2, 0) is 0 Å². The molecular formula is C11H18O. The molecule has 68 valence electrons. The van der Waals surface area contributed by atoms with E-state index in [1.807, 2.05) is 6.08 Å². The molecule has 12 heavy (non-hydrogen) atoms. The van der Waals surface area contributed by atoms with Gasteiger partial charge in [0.25, 0.3) is 0 Å². The van der Waals surface area contributed by atoms with Crippen molar-refractivity contribution in [2.45, 2.75) is 26.7 Å². The molecule has 1 aliphatic carbocycles. The first-order valence-electron chi connectivity index (χ1n) is 4.62. The Morgan fingerprint density at radius 2 is 1.92 bits per heavy atom. The third-order valence-electron chi connectivity index (χ3n) is 2.78. The Kier molecular flexibility index (Phi) is 3.10. The van der Waals surface area contributed by atoms with Crippen molar-refractivity contribution in [3.63, 3.8) is 0 Å². The van der Waals surface area contributed by atoms with Crippen LogP contribution in [0.5, 0.6) is 0 Å². The minimum Gasteiger partial charge on any atom is -0.392 e. The van der Waals surface area contributed by atoms with E-state index in [0.29, 0.717) is 11.8 Å². The zero-order valence-corrected chi connectivity index (χ0v) is 8.01. The van der Waals surface area contributed by atoms with E-state index in [0.717, 1.165) is 12.8 Å². The molecule has 0 spiro atoms. The molecule has 1 nitrogen and oxygen atoms in total. The number of rotatable bonds is 1. The van der Waals surface area contributed by atoms with Gasteiger partial charge in [-0.2, -0.15) is 0 Å². The molecule has 1 saturated carbocycles. The molecule has 0 aromatic heterocycles. The highest BCUT2D eigenvalue weighted by Gasteiger charge is 2.21. The van der Waals surface area contributed by atoms with Crippen LogP contribution in [0.25, 0.3) is 0 Å². The molecule has 0 radical (unpaired) electrons. The highest BCUT2D eigenvalue weighted by atomic mass is 16.2. The third-order valence-corrected chi connectivity index (χ3v) is 2.78.